The van der Waals surface area contributed by atoms with E-state index in [4.69, 9.17) is 0 Å². The molecule has 3 unspecified atom stereocenters. The van der Waals surface area contributed by atoms with Gasteiger partial charge in [0.05, 0.1) is 0 Å². The van der Waals surface area contributed by atoms with Gasteiger partial charge in [0.1, 0.15) is 12.0 Å². The Kier molecular flexibility index (Phi) is 3.15. The number of rotatable bonds is 0. The molecule has 0 aromatic carbocycles. The van der Waals surface area contributed by atoms with Crippen molar-refractivity contribution in [3.8, 4) is 0 Å². The second kappa shape index (κ2) is 4.75. The molecule has 0 saturated heterocycles. The van der Waals surface area contributed by atoms with Crippen molar-refractivity contribution in [2.24, 2.45) is 35.0 Å². The zero-order chi connectivity index (χ0) is 15.6. The van der Waals surface area contributed by atoms with E-state index in [9.17, 15) is 9.59 Å². The SMILES string of the molecule is C[C@@H]1CC2=CC(=O)CC[C@@H]2C2C1C1CCC(=O)[C@@]1(C)C[C@@H]2F. The Hall–Kier alpha value is -0.990. The highest BCUT2D eigenvalue weighted by Crippen LogP contribution is 2.62. The van der Waals surface area contributed by atoms with Gasteiger partial charge in [-0.05, 0) is 55.4 Å². The standard InChI is InChI=1S/C19H25FO2/c1-10-7-11-8-12(21)3-4-13(11)18-15(20)9-19(2)14(17(10)18)5-6-16(19)22/h8,10,13-15,17-18H,3-7,9H2,1-2H3/t10-,13+,14?,15+,17?,18?,19+/m1/s1. The molecule has 3 fully saturated rings. The molecule has 4 aliphatic rings. The average molecular weight is 304 g/mol. The molecule has 0 N–H and O–H groups in total. The number of Topliss-reactive ketones (excluding diaryl/α,β-unsaturated/α-hetero) is 1. The van der Waals surface area contributed by atoms with Crippen LogP contribution in [0.5, 0.6) is 0 Å². The fourth-order valence-corrected chi connectivity index (χ4v) is 6.35. The van der Waals surface area contributed by atoms with Crippen molar-refractivity contribution < 1.29 is 14.0 Å². The summed E-state index contributed by atoms with van der Waals surface area (Å²) < 4.78 is 15.2. The first kappa shape index (κ1) is 14.6. The first-order chi connectivity index (χ1) is 10.4. The van der Waals surface area contributed by atoms with Gasteiger partial charge in [-0.15, -0.1) is 0 Å². The van der Waals surface area contributed by atoms with E-state index in [1.165, 1.54) is 5.57 Å². The second-order valence-electron chi connectivity index (χ2n) is 8.37. The predicted octanol–water partition coefficient (Wildman–Crippen LogP) is 3.89. The number of carbonyl (C=O) groups excluding carboxylic acids is 2. The largest absolute Gasteiger partial charge is 0.299 e. The second-order valence-corrected chi connectivity index (χ2v) is 8.37. The molecule has 0 aliphatic heterocycles. The average Bonchev–Trinajstić information content (AvgIpc) is 2.74. The van der Waals surface area contributed by atoms with Crippen LogP contribution in [0.4, 0.5) is 4.39 Å². The van der Waals surface area contributed by atoms with Crippen LogP contribution in [0.15, 0.2) is 11.6 Å². The summed E-state index contributed by atoms with van der Waals surface area (Å²) in [5.74, 6) is 1.82. The number of ketones is 2. The Morgan fingerprint density at radius 3 is 2.73 bits per heavy atom. The number of halogens is 1. The maximum atomic E-state index is 15.2. The third kappa shape index (κ3) is 1.83. The quantitative estimate of drug-likeness (QED) is 0.680. The van der Waals surface area contributed by atoms with Crippen LogP contribution < -0.4 is 0 Å². The molecule has 3 heteroatoms. The van der Waals surface area contributed by atoms with Crippen LogP contribution in [0.2, 0.25) is 0 Å². The molecule has 0 aromatic heterocycles. The summed E-state index contributed by atoms with van der Waals surface area (Å²) in [7, 11) is 0. The molecule has 0 spiro atoms. The van der Waals surface area contributed by atoms with Crippen LogP contribution in [0, 0.1) is 35.0 Å². The third-order valence-electron chi connectivity index (χ3n) is 7.29. The molecule has 22 heavy (non-hydrogen) atoms. The lowest BCUT2D eigenvalue weighted by Gasteiger charge is -2.55. The van der Waals surface area contributed by atoms with E-state index in [-0.39, 0.29) is 23.4 Å². The van der Waals surface area contributed by atoms with Crippen molar-refractivity contribution >= 4 is 11.6 Å². The molecule has 0 bridgehead atoms. The minimum Gasteiger partial charge on any atom is -0.299 e. The number of carbonyl (C=O) groups is 2. The van der Waals surface area contributed by atoms with Crippen LogP contribution in [0.25, 0.3) is 0 Å². The van der Waals surface area contributed by atoms with Crippen LogP contribution >= 0.6 is 0 Å². The summed E-state index contributed by atoms with van der Waals surface area (Å²) in [5, 5.41) is 0. The number of fused-ring (bicyclic) bond motifs is 5. The van der Waals surface area contributed by atoms with E-state index in [0.29, 0.717) is 37.0 Å². The van der Waals surface area contributed by atoms with E-state index in [1.807, 2.05) is 6.92 Å². The lowest BCUT2D eigenvalue weighted by molar-refractivity contribution is -0.138. The van der Waals surface area contributed by atoms with Gasteiger partial charge in [-0.3, -0.25) is 9.59 Å². The Morgan fingerprint density at radius 1 is 1.18 bits per heavy atom. The lowest BCUT2D eigenvalue weighted by Crippen LogP contribution is -2.54. The number of allylic oxidation sites excluding steroid dienone is 1. The molecule has 0 amide bonds. The van der Waals surface area contributed by atoms with E-state index >= 15 is 4.39 Å². The summed E-state index contributed by atoms with van der Waals surface area (Å²) in [6, 6.07) is 0. The van der Waals surface area contributed by atoms with Crippen LogP contribution in [0.3, 0.4) is 0 Å². The van der Waals surface area contributed by atoms with Gasteiger partial charge < -0.3 is 0 Å². The summed E-state index contributed by atoms with van der Waals surface area (Å²) >= 11 is 0. The van der Waals surface area contributed by atoms with E-state index in [1.54, 1.807) is 6.08 Å². The van der Waals surface area contributed by atoms with Crippen molar-refractivity contribution in [3.63, 3.8) is 0 Å². The first-order valence-electron chi connectivity index (χ1n) is 8.82. The molecule has 0 heterocycles. The number of hydrogen-bond donors (Lipinski definition) is 0. The van der Waals surface area contributed by atoms with Crippen molar-refractivity contribution in [1.82, 2.24) is 0 Å². The minimum atomic E-state index is -0.891. The maximum absolute atomic E-state index is 15.2. The van der Waals surface area contributed by atoms with Crippen molar-refractivity contribution in [2.75, 3.05) is 0 Å². The van der Waals surface area contributed by atoms with Gasteiger partial charge in [-0.25, -0.2) is 4.39 Å². The first-order valence-corrected chi connectivity index (χ1v) is 8.82. The monoisotopic (exact) mass is 304 g/mol. The van der Waals surface area contributed by atoms with Crippen molar-refractivity contribution in [3.05, 3.63) is 11.6 Å². The van der Waals surface area contributed by atoms with Crippen molar-refractivity contribution in [2.45, 2.75) is 58.5 Å². The third-order valence-corrected chi connectivity index (χ3v) is 7.29. The van der Waals surface area contributed by atoms with Crippen LogP contribution in [-0.2, 0) is 9.59 Å². The fraction of sp³-hybridized carbons (Fsp3) is 0.789. The van der Waals surface area contributed by atoms with Gasteiger partial charge in [0.15, 0.2) is 5.78 Å². The fourth-order valence-electron chi connectivity index (χ4n) is 6.35. The molecule has 120 valence electrons. The zero-order valence-corrected chi connectivity index (χ0v) is 13.5. The number of hydrogen-bond acceptors (Lipinski definition) is 2. The Morgan fingerprint density at radius 2 is 1.95 bits per heavy atom. The molecular formula is C19H25FO2. The Bertz CT molecular complexity index is 566. The smallest absolute Gasteiger partial charge is 0.155 e. The van der Waals surface area contributed by atoms with Gasteiger partial charge in [0, 0.05) is 24.2 Å². The molecule has 0 aromatic rings. The Balaban J connectivity index is 1.74. The van der Waals surface area contributed by atoms with Gasteiger partial charge in [0.2, 0.25) is 0 Å². The molecule has 3 saturated carbocycles. The molecular weight excluding hydrogens is 279 g/mol. The topological polar surface area (TPSA) is 34.1 Å². The van der Waals surface area contributed by atoms with E-state index < -0.39 is 11.6 Å². The summed E-state index contributed by atoms with van der Waals surface area (Å²) in [6.07, 6.45) is 5.20. The van der Waals surface area contributed by atoms with Crippen LogP contribution in [0.1, 0.15) is 52.4 Å². The highest BCUT2D eigenvalue weighted by molar-refractivity contribution is 5.91. The zero-order valence-electron chi connectivity index (χ0n) is 13.5. The van der Waals surface area contributed by atoms with Crippen LogP contribution in [-0.4, -0.2) is 17.7 Å². The highest BCUT2D eigenvalue weighted by Gasteiger charge is 2.61. The summed E-state index contributed by atoms with van der Waals surface area (Å²) in [6.45, 7) is 4.22. The van der Waals surface area contributed by atoms with Gasteiger partial charge >= 0.3 is 0 Å². The predicted molar refractivity (Wildman–Crippen MR) is 81.9 cm³/mol. The number of alkyl halides is 1. The molecule has 7 atom stereocenters. The highest BCUT2D eigenvalue weighted by atomic mass is 19.1. The lowest BCUT2D eigenvalue weighted by atomic mass is 9.49. The molecule has 4 rings (SSSR count). The summed E-state index contributed by atoms with van der Waals surface area (Å²) in [4.78, 5) is 24.1. The van der Waals surface area contributed by atoms with Crippen molar-refractivity contribution in [1.29, 1.82) is 0 Å². The maximum Gasteiger partial charge on any atom is 0.155 e. The van der Waals surface area contributed by atoms with E-state index in [0.717, 1.165) is 19.3 Å². The molecule has 2 nitrogen and oxygen atoms in total. The van der Waals surface area contributed by atoms with Gasteiger partial charge in [-0.2, -0.15) is 0 Å². The van der Waals surface area contributed by atoms with E-state index in [2.05, 4.69) is 6.92 Å². The Labute approximate surface area is 131 Å². The minimum absolute atomic E-state index is 0.0343. The van der Waals surface area contributed by atoms with Gasteiger partial charge in [-0.1, -0.05) is 19.4 Å². The molecule has 4 aliphatic carbocycles. The molecule has 0 radical (unpaired) electrons. The normalized spacial score (nSPS) is 51.0. The summed E-state index contributed by atoms with van der Waals surface area (Å²) in [5.41, 5.74) is 0.765. The van der Waals surface area contributed by atoms with Gasteiger partial charge in [0.25, 0.3) is 0 Å².